The maximum atomic E-state index is 11.7. The Labute approximate surface area is 112 Å². The highest BCUT2D eigenvalue weighted by Crippen LogP contribution is 2.58. The molecular weight excluding hydrogens is 236 g/mol. The minimum atomic E-state index is -1.12. The van der Waals surface area contributed by atoms with Crippen molar-refractivity contribution in [2.75, 3.05) is 0 Å². The molecule has 0 aliphatic heterocycles. The number of carbonyl (C=O) groups is 1. The maximum Gasteiger partial charge on any atom is 0.169 e. The zero-order chi connectivity index (χ0) is 13.5. The molecule has 0 aromatic rings. The molecule has 2 fully saturated rings. The summed E-state index contributed by atoms with van der Waals surface area (Å²) in [5.41, 5.74) is -0.239. The van der Waals surface area contributed by atoms with Gasteiger partial charge in [0.2, 0.25) is 0 Å². The van der Waals surface area contributed by atoms with Crippen LogP contribution in [0.15, 0.2) is 36.0 Å². The van der Waals surface area contributed by atoms with Gasteiger partial charge in [0.05, 0.1) is 12.1 Å². The van der Waals surface area contributed by atoms with Gasteiger partial charge in [-0.1, -0.05) is 30.4 Å². The van der Waals surface area contributed by atoms with Crippen LogP contribution >= 0.6 is 0 Å². The number of nitrogens with zero attached hydrogens (tertiary/aromatic N) is 2. The van der Waals surface area contributed by atoms with Gasteiger partial charge >= 0.3 is 0 Å². The van der Waals surface area contributed by atoms with Gasteiger partial charge in [-0.05, 0) is 17.9 Å². The Morgan fingerprint density at radius 3 is 2.74 bits per heavy atom. The van der Waals surface area contributed by atoms with E-state index in [1.807, 2.05) is 24.3 Å². The van der Waals surface area contributed by atoms with Crippen LogP contribution in [0.1, 0.15) is 19.3 Å². The van der Waals surface area contributed by atoms with Crippen molar-refractivity contribution in [3.05, 3.63) is 36.0 Å². The minimum Gasteiger partial charge on any atom is -0.300 e. The zero-order valence-electron chi connectivity index (χ0n) is 10.5. The van der Waals surface area contributed by atoms with E-state index in [4.69, 9.17) is 0 Å². The molecule has 0 N–H and O–H groups in total. The van der Waals surface area contributed by atoms with Gasteiger partial charge in [0.15, 0.2) is 5.41 Å². The number of Topliss-reactive ketones (excluding diaryl/α,β-unsaturated/α-hetero) is 1. The van der Waals surface area contributed by atoms with Gasteiger partial charge in [0.1, 0.15) is 5.78 Å². The Hall–Kier alpha value is -2.13. The molecule has 3 nitrogen and oxygen atoms in total. The summed E-state index contributed by atoms with van der Waals surface area (Å²) in [6.07, 6.45) is 11.5. The first-order chi connectivity index (χ1) is 9.23. The van der Waals surface area contributed by atoms with Crippen LogP contribution in [0.3, 0.4) is 0 Å². The van der Waals surface area contributed by atoms with Crippen LogP contribution in [0.25, 0.3) is 0 Å². The summed E-state index contributed by atoms with van der Waals surface area (Å²) in [6, 6.07) is 4.45. The molecule has 3 aliphatic carbocycles. The Morgan fingerprint density at radius 2 is 2.00 bits per heavy atom. The fourth-order valence-electron chi connectivity index (χ4n) is 3.86. The first kappa shape index (κ1) is 11.9. The van der Waals surface area contributed by atoms with E-state index in [2.05, 4.69) is 18.2 Å². The monoisotopic (exact) mass is 250 g/mol. The second-order valence-corrected chi connectivity index (χ2v) is 5.50. The van der Waals surface area contributed by atoms with Crippen molar-refractivity contribution in [2.24, 2.45) is 23.2 Å². The van der Waals surface area contributed by atoms with Gasteiger partial charge in [-0.25, -0.2) is 0 Å². The van der Waals surface area contributed by atoms with Crippen molar-refractivity contribution >= 4 is 5.78 Å². The number of fused-ring (bicyclic) bond motifs is 3. The third-order valence-corrected chi connectivity index (χ3v) is 4.72. The summed E-state index contributed by atoms with van der Waals surface area (Å²) in [5.74, 6) is 0.427. The zero-order valence-corrected chi connectivity index (χ0v) is 10.5. The second kappa shape index (κ2) is 4.21. The molecule has 0 aromatic carbocycles. The van der Waals surface area contributed by atoms with Gasteiger partial charge in [-0.3, -0.25) is 4.79 Å². The fraction of sp³-hybridized carbons (Fsp3) is 0.438. The minimum absolute atomic E-state index is 0.132. The molecule has 2 saturated carbocycles. The van der Waals surface area contributed by atoms with E-state index < -0.39 is 5.41 Å². The van der Waals surface area contributed by atoms with Crippen LogP contribution in [-0.2, 0) is 4.79 Å². The topological polar surface area (TPSA) is 64.7 Å². The standard InChI is InChI=1S/C16H14N2O/c17-9-16(10-18)14-5-3-1-2-4-12(14)13-7-6-11(19)8-15(13)16/h1-5,12-13,15H,6-8H2/t12-,13+,15+/m1/s1. The third-order valence-electron chi connectivity index (χ3n) is 4.72. The highest BCUT2D eigenvalue weighted by Gasteiger charge is 2.58. The van der Waals surface area contributed by atoms with Crippen LogP contribution in [0.4, 0.5) is 0 Å². The number of hydrogen-bond donors (Lipinski definition) is 0. The van der Waals surface area contributed by atoms with Crippen molar-refractivity contribution < 1.29 is 4.79 Å². The first-order valence-corrected chi connectivity index (χ1v) is 6.62. The van der Waals surface area contributed by atoms with Gasteiger partial charge in [0, 0.05) is 24.7 Å². The first-order valence-electron chi connectivity index (χ1n) is 6.62. The molecule has 3 rings (SSSR count). The van der Waals surface area contributed by atoms with E-state index in [1.54, 1.807) is 0 Å². The molecule has 0 aromatic heterocycles. The number of rotatable bonds is 0. The van der Waals surface area contributed by atoms with Crippen molar-refractivity contribution in [2.45, 2.75) is 19.3 Å². The molecule has 0 radical (unpaired) electrons. The van der Waals surface area contributed by atoms with E-state index in [9.17, 15) is 15.3 Å². The molecule has 0 spiro atoms. The van der Waals surface area contributed by atoms with Crippen molar-refractivity contribution in [3.63, 3.8) is 0 Å². The summed E-state index contributed by atoms with van der Waals surface area (Å²) in [4.78, 5) is 11.7. The quantitative estimate of drug-likeness (QED) is 0.664. The number of nitriles is 2. The van der Waals surface area contributed by atoms with E-state index in [0.29, 0.717) is 12.8 Å². The molecule has 0 amide bonds. The molecule has 0 unspecified atom stereocenters. The number of ketones is 1. The summed E-state index contributed by atoms with van der Waals surface area (Å²) < 4.78 is 0. The predicted octanol–water partition coefficient (Wildman–Crippen LogP) is 2.69. The lowest BCUT2D eigenvalue weighted by Gasteiger charge is -2.30. The van der Waals surface area contributed by atoms with Gasteiger partial charge in [0.25, 0.3) is 0 Å². The van der Waals surface area contributed by atoms with Crippen LogP contribution in [-0.4, -0.2) is 5.78 Å². The largest absolute Gasteiger partial charge is 0.300 e. The molecule has 3 aliphatic rings. The lowest BCUT2D eigenvalue weighted by Crippen LogP contribution is -2.32. The molecule has 19 heavy (non-hydrogen) atoms. The molecule has 3 atom stereocenters. The Kier molecular flexibility index (Phi) is 2.64. The average Bonchev–Trinajstić information content (AvgIpc) is 2.59. The van der Waals surface area contributed by atoms with Crippen LogP contribution < -0.4 is 0 Å². The number of carbonyl (C=O) groups excluding carboxylic acids is 1. The maximum absolute atomic E-state index is 11.7. The Balaban J connectivity index is 2.17. The molecule has 0 bridgehead atoms. The SMILES string of the molecule is N#CC1(C#N)C2=CC=CC=C[C@@H]2[C@@H]2CCC(=O)C[C@@H]21. The lowest BCUT2D eigenvalue weighted by molar-refractivity contribution is -0.123. The fourth-order valence-corrected chi connectivity index (χ4v) is 3.86. The normalized spacial score (nSPS) is 34.5. The highest BCUT2D eigenvalue weighted by atomic mass is 16.1. The average molecular weight is 250 g/mol. The van der Waals surface area contributed by atoms with E-state index in [0.717, 1.165) is 12.0 Å². The van der Waals surface area contributed by atoms with Crippen molar-refractivity contribution in [3.8, 4) is 12.1 Å². The summed E-state index contributed by atoms with van der Waals surface area (Å²) in [5, 5.41) is 19.2. The van der Waals surface area contributed by atoms with E-state index in [1.165, 1.54) is 0 Å². The highest BCUT2D eigenvalue weighted by molar-refractivity contribution is 5.80. The molecule has 0 heterocycles. The van der Waals surface area contributed by atoms with Gasteiger partial charge in [-0.2, -0.15) is 10.5 Å². The molecular formula is C16H14N2O. The van der Waals surface area contributed by atoms with E-state index >= 15 is 0 Å². The lowest BCUT2D eigenvalue weighted by atomic mass is 9.69. The summed E-state index contributed by atoms with van der Waals surface area (Å²) in [6.45, 7) is 0. The van der Waals surface area contributed by atoms with E-state index in [-0.39, 0.29) is 23.5 Å². The summed E-state index contributed by atoms with van der Waals surface area (Å²) in [7, 11) is 0. The smallest absolute Gasteiger partial charge is 0.169 e. The Morgan fingerprint density at radius 1 is 1.21 bits per heavy atom. The number of allylic oxidation sites excluding steroid dienone is 6. The van der Waals surface area contributed by atoms with Crippen LogP contribution in [0.2, 0.25) is 0 Å². The van der Waals surface area contributed by atoms with Gasteiger partial charge < -0.3 is 0 Å². The van der Waals surface area contributed by atoms with Crippen LogP contribution in [0, 0.1) is 45.8 Å². The van der Waals surface area contributed by atoms with Crippen LogP contribution in [0.5, 0.6) is 0 Å². The Bertz CT molecular complexity index is 583. The predicted molar refractivity (Wildman–Crippen MR) is 69.4 cm³/mol. The van der Waals surface area contributed by atoms with Crippen molar-refractivity contribution in [1.82, 2.24) is 0 Å². The molecule has 94 valence electrons. The molecule has 0 saturated heterocycles. The molecule has 3 heteroatoms. The third kappa shape index (κ3) is 1.52. The second-order valence-electron chi connectivity index (χ2n) is 5.50. The van der Waals surface area contributed by atoms with Gasteiger partial charge in [-0.15, -0.1) is 0 Å². The summed E-state index contributed by atoms with van der Waals surface area (Å²) >= 11 is 0. The number of hydrogen-bond acceptors (Lipinski definition) is 3. The van der Waals surface area contributed by atoms with Crippen molar-refractivity contribution in [1.29, 1.82) is 10.5 Å².